The Bertz CT molecular complexity index is 808. The predicted octanol–water partition coefficient (Wildman–Crippen LogP) is 8.22. The van der Waals surface area contributed by atoms with Crippen LogP contribution in [0.15, 0.2) is 53.8 Å². The number of rotatable bonds is 11. The van der Waals surface area contributed by atoms with Crippen LogP contribution in [0.2, 0.25) is 0 Å². The third kappa shape index (κ3) is 6.05. The summed E-state index contributed by atoms with van der Waals surface area (Å²) < 4.78 is 0. The molecule has 2 nitrogen and oxygen atoms in total. The van der Waals surface area contributed by atoms with E-state index in [1.54, 1.807) is 11.1 Å². The molecule has 1 saturated carbocycles. The Hall–Kier alpha value is -1.96. The van der Waals surface area contributed by atoms with E-state index in [4.69, 9.17) is 0 Å². The monoisotopic (exact) mass is 420 g/mol. The summed E-state index contributed by atoms with van der Waals surface area (Å²) in [5.74, 6) is 1.46. The van der Waals surface area contributed by atoms with Crippen LogP contribution in [0.4, 0.5) is 11.4 Å². The Morgan fingerprint density at radius 1 is 1.10 bits per heavy atom. The molecule has 0 aromatic heterocycles. The molecule has 3 rings (SSSR count). The second kappa shape index (κ2) is 11.1. The van der Waals surface area contributed by atoms with Crippen molar-refractivity contribution in [3.8, 4) is 0 Å². The minimum absolute atomic E-state index is 0.610. The molecule has 1 unspecified atom stereocenters. The molecule has 0 N–H and O–H groups in total. The third-order valence-corrected chi connectivity index (χ3v) is 7.23. The molecule has 0 aliphatic heterocycles. The summed E-state index contributed by atoms with van der Waals surface area (Å²) in [5.41, 5.74) is 8.61. The summed E-state index contributed by atoms with van der Waals surface area (Å²) >= 11 is 0. The highest BCUT2D eigenvalue weighted by Gasteiger charge is 2.31. The van der Waals surface area contributed by atoms with Gasteiger partial charge in [-0.3, -0.25) is 0 Å². The summed E-state index contributed by atoms with van der Waals surface area (Å²) in [7, 11) is 2.26. The van der Waals surface area contributed by atoms with Crippen molar-refractivity contribution in [1.29, 1.82) is 0 Å². The first kappa shape index (κ1) is 23.7. The Kier molecular flexibility index (Phi) is 8.46. The van der Waals surface area contributed by atoms with E-state index < -0.39 is 0 Å². The normalized spacial score (nSPS) is 17.5. The number of anilines is 2. The SMILES string of the molecule is C=C(CC)N(CC)c1ccc(N(C)CC2=CC=C(CCC)CCC2)cc1C(C)C1CC1. The number of nitrogens with zero attached hydrogens (tertiary/aromatic N) is 2. The van der Waals surface area contributed by atoms with Crippen molar-refractivity contribution in [3.63, 3.8) is 0 Å². The lowest BCUT2D eigenvalue weighted by Crippen LogP contribution is -2.24. The van der Waals surface area contributed by atoms with Crippen LogP contribution in [0, 0.1) is 5.92 Å². The van der Waals surface area contributed by atoms with E-state index >= 15 is 0 Å². The van der Waals surface area contributed by atoms with Gasteiger partial charge >= 0.3 is 0 Å². The minimum atomic E-state index is 0.610. The molecular weight excluding hydrogens is 376 g/mol. The van der Waals surface area contributed by atoms with E-state index in [0.717, 1.165) is 25.4 Å². The van der Waals surface area contributed by atoms with Crippen LogP contribution in [0.3, 0.4) is 0 Å². The second-order valence-electron chi connectivity index (χ2n) is 9.64. The van der Waals surface area contributed by atoms with Gasteiger partial charge in [-0.25, -0.2) is 0 Å². The lowest BCUT2D eigenvalue weighted by atomic mass is 9.93. The second-order valence-corrected chi connectivity index (χ2v) is 9.64. The van der Waals surface area contributed by atoms with Crippen LogP contribution in [0.1, 0.15) is 90.5 Å². The highest BCUT2D eigenvalue weighted by Crippen LogP contribution is 2.46. The average Bonchev–Trinajstić information content (AvgIpc) is 3.63. The van der Waals surface area contributed by atoms with Crippen LogP contribution in [0.5, 0.6) is 0 Å². The van der Waals surface area contributed by atoms with Gasteiger partial charge in [-0.05, 0) is 87.5 Å². The van der Waals surface area contributed by atoms with Gasteiger partial charge in [-0.1, -0.05) is 57.1 Å². The first-order valence-electron chi connectivity index (χ1n) is 12.7. The fourth-order valence-corrected chi connectivity index (χ4v) is 5.00. The maximum absolute atomic E-state index is 4.35. The Balaban J connectivity index is 1.84. The van der Waals surface area contributed by atoms with Gasteiger partial charge in [0.2, 0.25) is 0 Å². The van der Waals surface area contributed by atoms with E-state index in [1.165, 1.54) is 67.6 Å². The molecule has 0 radical (unpaired) electrons. The molecule has 1 fully saturated rings. The highest BCUT2D eigenvalue weighted by atomic mass is 15.1. The van der Waals surface area contributed by atoms with Crippen molar-refractivity contribution in [2.75, 3.05) is 29.9 Å². The van der Waals surface area contributed by atoms with Crippen LogP contribution in [-0.4, -0.2) is 20.1 Å². The van der Waals surface area contributed by atoms with Gasteiger partial charge < -0.3 is 9.80 Å². The van der Waals surface area contributed by atoms with E-state index in [0.29, 0.717) is 5.92 Å². The summed E-state index contributed by atoms with van der Waals surface area (Å²) in [6.07, 6.45) is 14.8. The molecule has 31 heavy (non-hydrogen) atoms. The molecule has 0 spiro atoms. The number of hydrogen-bond acceptors (Lipinski definition) is 2. The zero-order valence-corrected chi connectivity index (χ0v) is 20.7. The molecule has 170 valence electrons. The minimum Gasteiger partial charge on any atom is -0.371 e. The number of benzene rings is 1. The summed E-state index contributed by atoms with van der Waals surface area (Å²) in [6.45, 7) is 15.5. The Morgan fingerprint density at radius 2 is 1.81 bits per heavy atom. The smallest absolute Gasteiger partial charge is 0.0444 e. The number of allylic oxidation sites excluding steroid dienone is 4. The van der Waals surface area contributed by atoms with Crippen LogP contribution < -0.4 is 9.80 Å². The van der Waals surface area contributed by atoms with Crippen molar-refractivity contribution < 1.29 is 0 Å². The fraction of sp³-hybridized carbons (Fsp3) is 0.586. The predicted molar refractivity (Wildman–Crippen MR) is 138 cm³/mol. The van der Waals surface area contributed by atoms with Gasteiger partial charge in [0.25, 0.3) is 0 Å². The molecule has 2 aliphatic carbocycles. The average molecular weight is 421 g/mol. The van der Waals surface area contributed by atoms with E-state index in [-0.39, 0.29) is 0 Å². The highest BCUT2D eigenvalue weighted by molar-refractivity contribution is 5.65. The van der Waals surface area contributed by atoms with Gasteiger partial charge in [0.1, 0.15) is 0 Å². The topological polar surface area (TPSA) is 6.48 Å². The van der Waals surface area contributed by atoms with Gasteiger partial charge in [-0.2, -0.15) is 0 Å². The van der Waals surface area contributed by atoms with Gasteiger partial charge in [0.05, 0.1) is 0 Å². The molecular formula is C29H44N2. The zero-order valence-electron chi connectivity index (χ0n) is 20.7. The molecule has 1 aromatic rings. The fourth-order valence-electron chi connectivity index (χ4n) is 5.00. The maximum Gasteiger partial charge on any atom is 0.0444 e. The van der Waals surface area contributed by atoms with E-state index in [1.807, 2.05) is 0 Å². The molecule has 1 aromatic carbocycles. The van der Waals surface area contributed by atoms with E-state index in [2.05, 4.69) is 81.5 Å². The molecule has 1 atom stereocenters. The lowest BCUT2D eigenvalue weighted by molar-refractivity contribution is 0.661. The maximum atomic E-state index is 4.35. The molecule has 2 aliphatic rings. The molecule has 0 saturated heterocycles. The summed E-state index contributed by atoms with van der Waals surface area (Å²) in [5, 5.41) is 0. The Morgan fingerprint density at radius 3 is 2.45 bits per heavy atom. The molecule has 2 heteroatoms. The van der Waals surface area contributed by atoms with Crippen LogP contribution in [0.25, 0.3) is 0 Å². The number of hydrogen-bond donors (Lipinski definition) is 0. The summed E-state index contributed by atoms with van der Waals surface area (Å²) in [4.78, 5) is 4.87. The lowest BCUT2D eigenvalue weighted by Gasteiger charge is -2.31. The van der Waals surface area contributed by atoms with Crippen molar-refractivity contribution in [1.82, 2.24) is 0 Å². The standard InChI is InChI=1S/C29H44N2/c1-7-11-24-12-10-13-25(15-14-24)21-30(6)27-18-19-29(31(9-3)22(4)8-2)28(20-27)23(5)26-16-17-26/h14-15,18-20,23,26H,4,7-13,16-17,21H2,1-3,5-6H3. The first-order valence-corrected chi connectivity index (χ1v) is 12.7. The molecule has 0 bridgehead atoms. The summed E-state index contributed by atoms with van der Waals surface area (Å²) in [6, 6.07) is 7.14. The Labute approximate surface area is 191 Å². The van der Waals surface area contributed by atoms with Crippen molar-refractivity contribution >= 4 is 11.4 Å². The van der Waals surface area contributed by atoms with Crippen molar-refractivity contribution in [2.45, 2.75) is 85.0 Å². The molecule has 0 amide bonds. The van der Waals surface area contributed by atoms with Crippen molar-refractivity contribution in [2.24, 2.45) is 5.92 Å². The number of likely N-dealkylation sites (N-methyl/N-ethyl adjacent to an activating group) is 1. The van der Waals surface area contributed by atoms with Gasteiger partial charge in [0, 0.05) is 37.2 Å². The third-order valence-electron chi connectivity index (χ3n) is 7.23. The van der Waals surface area contributed by atoms with Gasteiger partial charge in [-0.15, -0.1) is 0 Å². The van der Waals surface area contributed by atoms with E-state index in [9.17, 15) is 0 Å². The quantitative estimate of drug-likeness (QED) is 0.356. The molecule has 0 heterocycles. The van der Waals surface area contributed by atoms with Crippen molar-refractivity contribution in [3.05, 3.63) is 59.3 Å². The zero-order chi connectivity index (χ0) is 22.4. The largest absolute Gasteiger partial charge is 0.371 e. The first-order chi connectivity index (χ1) is 15.0. The van der Waals surface area contributed by atoms with Gasteiger partial charge in [0.15, 0.2) is 0 Å². The van der Waals surface area contributed by atoms with Crippen LogP contribution in [-0.2, 0) is 0 Å². The van der Waals surface area contributed by atoms with Crippen LogP contribution >= 0.6 is 0 Å².